The third-order valence-corrected chi connectivity index (χ3v) is 8.72. The molecule has 2 rings (SSSR count). The largest absolute Gasteiger partial charge is 0.458 e. The van der Waals surface area contributed by atoms with Crippen molar-refractivity contribution in [1.82, 2.24) is 0 Å². The van der Waals surface area contributed by atoms with E-state index in [-0.39, 0.29) is 0 Å². The van der Waals surface area contributed by atoms with Crippen molar-refractivity contribution in [2.45, 2.75) is 51.4 Å². The van der Waals surface area contributed by atoms with Crippen LogP contribution < -0.4 is 5.19 Å². The maximum Gasteiger partial charge on any atom is 0.344 e. The van der Waals surface area contributed by atoms with Crippen LogP contribution >= 0.6 is 0 Å². The van der Waals surface area contributed by atoms with Gasteiger partial charge in [0.2, 0.25) is 5.82 Å². The van der Waals surface area contributed by atoms with E-state index in [0.717, 1.165) is 24.4 Å². The van der Waals surface area contributed by atoms with E-state index in [4.69, 9.17) is 4.74 Å². The van der Waals surface area contributed by atoms with Crippen molar-refractivity contribution in [2.75, 3.05) is 0 Å². The number of unbranched alkanes of at least 4 members (excludes halogenated alkanes) is 3. The first-order chi connectivity index (χ1) is 14.6. The minimum atomic E-state index is -2.58. The second kappa shape index (κ2) is 10.7. The number of rotatable bonds is 9. The van der Waals surface area contributed by atoms with Crippen LogP contribution in [0.4, 0.5) is 22.0 Å². The number of allylic oxidation sites excluding steroid dienone is 1. The summed E-state index contributed by atoms with van der Waals surface area (Å²) in [5.41, 5.74) is -2.46. The lowest BCUT2D eigenvalue weighted by atomic mass is 10.1. The number of esters is 1. The molecule has 8 heteroatoms. The van der Waals surface area contributed by atoms with Gasteiger partial charge in [0.05, 0.1) is 0 Å². The van der Waals surface area contributed by atoms with Crippen LogP contribution in [-0.4, -0.2) is 19.8 Å². The number of benzene rings is 2. The fraction of sp³-hybridized carbons (Fsp3) is 0.348. The minimum Gasteiger partial charge on any atom is -0.458 e. The lowest BCUT2D eigenvalue weighted by molar-refractivity contribution is 0.0475. The van der Waals surface area contributed by atoms with Gasteiger partial charge in [-0.05, 0) is 12.8 Å². The second-order valence-electron chi connectivity index (χ2n) is 7.78. The van der Waals surface area contributed by atoms with Crippen molar-refractivity contribution < 1.29 is 31.5 Å². The van der Waals surface area contributed by atoms with Crippen LogP contribution in [0.15, 0.2) is 42.5 Å². The van der Waals surface area contributed by atoms with Crippen molar-refractivity contribution >= 4 is 19.2 Å². The molecule has 2 nitrogen and oxygen atoms in total. The Kier molecular flexibility index (Phi) is 8.56. The molecule has 0 amide bonds. The van der Waals surface area contributed by atoms with Gasteiger partial charge in [0.15, 0.2) is 23.3 Å². The fourth-order valence-electron chi connectivity index (χ4n) is 3.15. The van der Waals surface area contributed by atoms with Gasteiger partial charge in [0, 0.05) is 0 Å². The van der Waals surface area contributed by atoms with E-state index in [1.165, 1.54) is 0 Å². The first-order valence-electron chi connectivity index (χ1n) is 10.1. The molecular formula is C23H25F5O2Si. The van der Waals surface area contributed by atoms with Gasteiger partial charge < -0.3 is 4.74 Å². The molecule has 0 spiro atoms. The molecule has 1 unspecified atom stereocenters. The average Bonchev–Trinajstić information content (AvgIpc) is 2.76. The summed E-state index contributed by atoms with van der Waals surface area (Å²) in [5, 5.41) is 0.906. The van der Waals surface area contributed by atoms with Crippen LogP contribution in [-0.2, 0) is 4.74 Å². The topological polar surface area (TPSA) is 26.3 Å². The monoisotopic (exact) mass is 456 g/mol. The quantitative estimate of drug-likeness (QED) is 0.0854. The maximum atomic E-state index is 14.1. The Hall–Kier alpha value is -2.48. The minimum absolute atomic E-state index is 0.712. The molecule has 0 aliphatic heterocycles. The van der Waals surface area contributed by atoms with E-state index in [1.54, 1.807) is 6.08 Å². The highest BCUT2D eigenvalue weighted by Gasteiger charge is 2.38. The summed E-state index contributed by atoms with van der Waals surface area (Å²) in [6, 6.07) is 9.17. The molecule has 31 heavy (non-hydrogen) atoms. The summed E-state index contributed by atoms with van der Waals surface area (Å²) < 4.78 is 74.0. The Morgan fingerprint density at radius 1 is 0.935 bits per heavy atom. The van der Waals surface area contributed by atoms with E-state index >= 15 is 0 Å². The molecule has 2 aromatic carbocycles. The number of carbonyl (C=O) groups excluding carboxylic acids is 1. The van der Waals surface area contributed by atoms with E-state index in [9.17, 15) is 26.7 Å². The van der Waals surface area contributed by atoms with Crippen molar-refractivity contribution in [3.05, 3.63) is 77.1 Å². The lowest BCUT2D eigenvalue weighted by Gasteiger charge is -2.30. The van der Waals surface area contributed by atoms with Gasteiger partial charge in [-0.1, -0.05) is 80.5 Å². The standard InChI is InChI=1S/C23H25F5O2Si/c1-4-5-6-7-11-14-16(31(2,3)15-12-9-8-10-13-15)30-23(29)17-18(24)20(26)22(28)21(27)19(17)25/h8-14,16H,4-7H2,1-3H3/b14-11-. The van der Waals surface area contributed by atoms with Gasteiger partial charge in [-0.2, -0.15) is 0 Å². The van der Waals surface area contributed by atoms with Crippen molar-refractivity contribution in [3.63, 3.8) is 0 Å². The van der Waals surface area contributed by atoms with Crippen molar-refractivity contribution in [1.29, 1.82) is 0 Å². The van der Waals surface area contributed by atoms with Crippen LogP contribution in [0.5, 0.6) is 0 Å². The molecule has 0 bridgehead atoms. The fourth-order valence-corrected chi connectivity index (χ4v) is 5.55. The predicted octanol–water partition coefficient (Wildman–Crippen LogP) is 6.20. The molecule has 1 atom stereocenters. The third kappa shape index (κ3) is 5.61. The highest BCUT2D eigenvalue weighted by Crippen LogP contribution is 2.25. The molecule has 0 fully saturated rings. The molecule has 0 saturated heterocycles. The third-order valence-electron chi connectivity index (χ3n) is 5.16. The molecule has 0 aromatic heterocycles. The Bertz CT molecular complexity index is 916. The second-order valence-corrected chi connectivity index (χ2v) is 12.4. The summed E-state index contributed by atoms with van der Waals surface area (Å²) in [4.78, 5) is 12.6. The van der Waals surface area contributed by atoms with Crippen LogP contribution in [0.2, 0.25) is 13.1 Å². The summed E-state index contributed by atoms with van der Waals surface area (Å²) in [7, 11) is -2.58. The molecule has 0 aliphatic rings. The van der Waals surface area contributed by atoms with Crippen LogP contribution in [0.3, 0.4) is 0 Å². The van der Waals surface area contributed by atoms with Gasteiger partial charge in [-0.25, -0.2) is 26.7 Å². The highest BCUT2D eigenvalue weighted by atomic mass is 28.3. The summed E-state index contributed by atoms with van der Waals surface area (Å²) in [6.45, 7) is 5.86. The molecule has 0 aliphatic carbocycles. The van der Waals surface area contributed by atoms with Crippen LogP contribution in [0.1, 0.15) is 43.0 Å². The number of hydrogen-bond acceptors (Lipinski definition) is 2. The molecule has 0 radical (unpaired) electrons. The smallest absolute Gasteiger partial charge is 0.344 e. The van der Waals surface area contributed by atoms with Gasteiger partial charge in [0.25, 0.3) is 0 Å². The average molecular weight is 457 g/mol. The van der Waals surface area contributed by atoms with Crippen molar-refractivity contribution in [3.8, 4) is 0 Å². The predicted molar refractivity (Wildman–Crippen MR) is 112 cm³/mol. The highest BCUT2D eigenvalue weighted by molar-refractivity contribution is 6.91. The first-order valence-corrected chi connectivity index (χ1v) is 13.1. The zero-order valence-electron chi connectivity index (χ0n) is 17.7. The Morgan fingerprint density at radius 3 is 2.03 bits per heavy atom. The lowest BCUT2D eigenvalue weighted by Crippen LogP contribution is -2.53. The Morgan fingerprint density at radius 2 is 1.48 bits per heavy atom. The van der Waals surface area contributed by atoms with Gasteiger partial charge >= 0.3 is 5.97 Å². The summed E-state index contributed by atoms with van der Waals surface area (Å²) in [5.74, 6) is -12.7. The molecule has 168 valence electrons. The normalized spacial score (nSPS) is 12.9. The van der Waals surface area contributed by atoms with E-state index in [0.29, 0.717) is 6.42 Å². The van der Waals surface area contributed by atoms with Gasteiger partial charge in [-0.3, -0.25) is 0 Å². The summed E-state index contributed by atoms with van der Waals surface area (Å²) in [6.07, 6.45) is 7.14. The zero-order valence-corrected chi connectivity index (χ0v) is 18.7. The van der Waals surface area contributed by atoms with E-state index in [1.807, 2.05) is 49.5 Å². The van der Waals surface area contributed by atoms with Gasteiger partial charge in [-0.15, -0.1) is 0 Å². The molecular weight excluding hydrogens is 431 g/mol. The maximum absolute atomic E-state index is 14.1. The Labute approximate surface area is 179 Å². The molecule has 0 saturated carbocycles. The molecule has 2 aromatic rings. The van der Waals surface area contributed by atoms with Crippen molar-refractivity contribution in [2.24, 2.45) is 0 Å². The van der Waals surface area contributed by atoms with Crippen LogP contribution in [0, 0.1) is 29.1 Å². The first kappa shape index (κ1) is 24.8. The zero-order chi connectivity index (χ0) is 23.2. The van der Waals surface area contributed by atoms with E-state index < -0.39 is 54.4 Å². The number of halogens is 5. The molecule has 0 N–H and O–H groups in total. The number of carbonyl (C=O) groups is 1. The molecule has 0 heterocycles. The number of hydrogen-bond donors (Lipinski definition) is 0. The van der Waals surface area contributed by atoms with Crippen LogP contribution in [0.25, 0.3) is 0 Å². The van der Waals surface area contributed by atoms with E-state index in [2.05, 4.69) is 6.92 Å². The van der Waals surface area contributed by atoms with Gasteiger partial charge in [0.1, 0.15) is 19.4 Å². The number of ether oxygens (including phenoxy) is 1. The Balaban J connectivity index is 2.41. The SMILES string of the molecule is CCCCC/C=C\C(OC(=O)c1c(F)c(F)c(F)c(F)c1F)[Si](C)(C)c1ccccc1. The summed E-state index contributed by atoms with van der Waals surface area (Å²) >= 11 is 0.